The highest BCUT2D eigenvalue weighted by Crippen LogP contribution is 2.19. The van der Waals surface area contributed by atoms with Crippen molar-refractivity contribution in [2.24, 2.45) is 5.92 Å². The topological polar surface area (TPSA) is 51.1 Å². The first-order valence-corrected chi connectivity index (χ1v) is 6.91. The van der Waals surface area contributed by atoms with Crippen LogP contribution in [0, 0.1) is 5.92 Å². The first-order valence-electron chi connectivity index (χ1n) is 6.91. The molecule has 0 saturated heterocycles. The Morgan fingerprint density at radius 1 is 1.35 bits per heavy atom. The zero-order chi connectivity index (χ0) is 14.5. The Morgan fingerprint density at radius 3 is 2.80 bits per heavy atom. The van der Waals surface area contributed by atoms with Crippen molar-refractivity contribution in [3.8, 4) is 0 Å². The highest BCUT2D eigenvalue weighted by Gasteiger charge is 2.10. The molecule has 0 saturated carbocycles. The lowest BCUT2D eigenvalue weighted by Gasteiger charge is -2.08. The van der Waals surface area contributed by atoms with E-state index >= 15 is 0 Å². The van der Waals surface area contributed by atoms with Gasteiger partial charge in [-0.15, -0.1) is 0 Å². The van der Waals surface area contributed by atoms with E-state index in [9.17, 15) is 9.59 Å². The summed E-state index contributed by atoms with van der Waals surface area (Å²) in [7, 11) is 0. The van der Waals surface area contributed by atoms with Crippen LogP contribution in [0.4, 0.5) is 0 Å². The average Bonchev–Trinajstić information content (AvgIpc) is 2.77. The molecule has 0 aliphatic rings. The maximum Gasteiger partial charge on any atom is 0.239 e. The second-order valence-corrected chi connectivity index (χ2v) is 5.38. The molecule has 0 unspecified atom stereocenters. The van der Waals surface area contributed by atoms with E-state index in [0.29, 0.717) is 18.0 Å². The molecule has 20 heavy (non-hydrogen) atoms. The lowest BCUT2D eigenvalue weighted by Crippen LogP contribution is -2.28. The predicted octanol–water partition coefficient (Wildman–Crippen LogP) is 2.62. The van der Waals surface area contributed by atoms with Gasteiger partial charge in [-0.2, -0.15) is 0 Å². The van der Waals surface area contributed by atoms with Gasteiger partial charge in [0.25, 0.3) is 0 Å². The fourth-order valence-corrected chi connectivity index (χ4v) is 2.21. The van der Waals surface area contributed by atoms with Crippen LogP contribution in [0.2, 0.25) is 0 Å². The van der Waals surface area contributed by atoms with E-state index in [1.54, 1.807) is 6.20 Å². The third-order valence-electron chi connectivity index (χ3n) is 3.30. The number of aromatic nitrogens is 1. The molecule has 1 heterocycles. The quantitative estimate of drug-likeness (QED) is 0.822. The van der Waals surface area contributed by atoms with Crippen molar-refractivity contribution < 1.29 is 9.59 Å². The molecular formula is C16H20N2O2. The summed E-state index contributed by atoms with van der Waals surface area (Å²) in [6.07, 6.45) is 3.53. The van der Waals surface area contributed by atoms with Crippen LogP contribution in [0.3, 0.4) is 0 Å². The maximum absolute atomic E-state index is 11.9. The second kappa shape index (κ2) is 6.37. The van der Waals surface area contributed by atoms with E-state index in [2.05, 4.69) is 19.2 Å². The van der Waals surface area contributed by atoms with Gasteiger partial charge in [-0.3, -0.25) is 9.59 Å². The summed E-state index contributed by atoms with van der Waals surface area (Å²) in [4.78, 5) is 23.0. The van der Waals surface area contributed by atoms with Gasteiger partial charge in [0.05, 0.1) is 0 Å². The highest BCUT2D eigenvalue weighted by molar-refractivity contribution is 5.98. The molecule has 0 aliphatic carbocycles. The van der Waals surface area contributed by atoms with Crippen LogP contribution in [-0.2, 0) is 11.3 Å². The number of carbonyl (C=O) groups excluding carboxylic acids is 2. The summed E-state index contributed by atoms with van der Waals surface area (Å²) in [6.45, 7) is 5.19. The van der Waals surface area contributed by atoms with Crippen LogP contribution >= 0.6 is 0 Å². The molecule has 1 aromatic carbocycles. The molecule has 0 radical (unpaired) electrons. The fraction of sp³-hybridized carbons (Fsp3) is 0.375. The van der Waals surface area contributed by atoms with Crippen molar-refractivity contribution in [1.82, 2.24) is 9.88 Å². The van der Waals surface area contributed by atoms with Crippen molar-refractivity contribution in [2.45, 2.75) is 26.8 Å². The van der Waals surface area contributed by atoms with Gasteiger partial charge in [0.15, 0.2) is 6.29 Å². The van der Waals surface area contributed by atoms with Crippen LogP contribution in [0.25, 0.3) is 10.9 Å². The molecule has 4 nitrogen and oxygen atoms in total. The van der Waals surface area contributed by atoms with E-state index in [4.69, 9.17) is 0 Å². The Kier molecular flexibility index (Phi) is 4.56. The van der Waals surface area contributed by atoms with Gasteiger partial charge >= 0.3 is 0 Å². The van der Waals surface area contributed by atoms with Gasteiger partial charge in [0.1, 0.15) is 6.54 Å². The Labute approximate surface area is 118 Å². The van der Waals surface area contributed by atoms with E-state index in [-0.39, 0.29) is 12.5 Å². The zero-order valence-corrected chi connectivity index (χ0v) is 11.9. The van der Waals surface area contributed by atoms with E-state index in [1.807, 2.05) is 28.8 Å². The average molecular weight is 272 g/mol. The number of para-hydroxylation sites is 1. The van der Waals surface area contributed by atoms with Crippen LogP contribution in [-0.4, -0.2) is 23.3 Å². The standard InChI is InChI=1S/C16H20N2O2/c1-12(2)7-8-17-16(20)10-18-9-13(11-19)14-5-3-4-6-15(14)18/h3-6,9,11-12H,7-8,10H2,1-2H3,(H,17,20). The summed E-state index contributed by atoms with van der Waals surface area (Å²) >= 11 is 0. The SMILES string of the molecule is CC(C)CCNC(=O)Cn1cc(C=O)c2ccccc21. The number of nitrogens with zero attached hydrogens (tertiary/aromatic N) is 1. The molecule has 0 bridgehead atoms. The minimum Gasteiger partial charge on any atom is -0.355 e. The second-order valence-electron chi connectivity index (χ2n) is 5.38. The zero-order valence-electron chi connectivity index (χ0n) is 11.9. The maximum atomic E-state index is 11.9. The van der Waals surface area contributed by atoms with E-state index in [1.165, 1.54) is 0 Å². The Balaban J connectivity index is 2.09. The number of rotatable bonds is 6. The predicted molar refractivity (Wildman–Crippen MR) is 79.8 cm³/mol. The van der Waals surface area contributed by atoms with Gasteiger partial charge in [-0.1, -0.05) is 32.0 Å². The summed E-state index contributed by atoms with van der Waals surface area (Å²) in [6, 6.07) is 7.61. The smallest absolute Gasteiger partial charge is 0.239 e. The molecule has 0 fully saturated rings. The number of fused-ring (bicyclic) bond motifs is 1. The molecule has 1 aromatic heterocycles. The van der Waals surface area contributed by atoms with Gasteiger partial charge in [0.2, 0.25) is 5.91 Å². The molecule has 0 aliphatic heterocycles. The molecular weight excluding hydrogens is 252 g/mol. The minimum atomic E-state index is -0.0242. The fourth-order valence-electron chi connectivity index (χ4n) is 2.21. The Bertz CT molecular complexity index is 614. The lowest BCUT2D eigenvalue weighted by atomic mass is 10.1. The van der Waals surface area contributed by atoms with Crippen LogP contribution < -0.4 is 5.32 Å². The number of hydrogen-bond acceptors (Lipinski definition) is 2. The van der Waals surface area contributed by atoms with Crippen molar-refractivity contribution >= 4 is 23.1 Å². The lowest BCUT2D eigenvalue weighted by molar-refractivity contribution is -0.121. The van der Waals surface area contributed by atoms with Crippen LogP contribution in [0.15, 0.2) is 30.5 Å². The van der Waals surface area contributed by atoms with Crippen molar-refractivity contribution in [1.29, 1.82) is 0 Å². The van der Waals surface area contributed by atoms with Gasteiger partial charge in [-0.05, 0) is 18.4 Å². The molecule has 2 rings (SSSR count). The van der Waals surface area contributed by atoms with Crippen LogP contribution in [0.1, 0.15) is 30.6 Å². The Morgan fingerprint density at radius 2 is 2.10 bits per heavy atom. The molecule has 2 aromatic rings. The number of carbonyl (C=O) groups is 2. The first kappa shape index (κ1) is 14.3. The largest absolute Gasteiger partial charge is 0.355 e. The van der Waals surface area contributed by atoms with Crippen molar-refractivity contribution in [3.63, 3.8) is 0 Å². The normalized spacial score (nSPS) is 10.9. The number of hydrogen-bond donors (Lipinski definition) is 1. The van der Waals surface area contributed by atoms with E-state index < -0.39 is 0 Å². The van der Waals surface area contributed by atoms with Gasteiger partial charge in [0, 0.05) is 29.2 Å². The molecule has 1 N–H and O–H groups in total. The molecule has 0 atom stereocenters. The van der Waals surface area contributed by atoms with E-state index in [0.717, 1.165) is 23.6 Å². The van der Waals surface area contributed by atoms with Crippen molar-refractivity contribution in [2.75, 3.05) is 6.54 Å². The molecule has 1 amide bonds. The molecule has 106 valence electrons. The molecule has 4 heteroatoms. The number of amides is 1. The monoisotopic (exact) mass is 272 g/mol. The van der Waals surface area contributed by atoms with Gasteiger partial charge in [-0.25, -0.2) is 0 Å². The third kappa shape index (κ3) is 3.26. The van der Waals surface area contributed by atoms with Gasteiger partial charge < -0.3 is 9.88 Å². The minimum absolute atomic E-state index is 0.0242. The number of benzene rings is 1. The summed E-state index contributed by atoms with van der Waals surface area (Å²) in [5.41, 5.74) is 1.53. The highest BCUT2D eigenvalue weighted by atomic mass is 16.2. The molecule has 0 spiro atoms. The van der Waals surface area contributed by atoms with Crippen LogP contribution in [0.5, 0.6) is 0 Å². The summed E-state index contributed by atoms with van der Waals surface area (Å²) in [5, 5.41) is 3.79. The van der Waals surface area contributed by atoms with Crippen molar-refractivity contribution in [3.05, 3.63) is 36.0 Å². The summed E-state index contributed by atoms with van der Waals surface area (Å²) in [5.74, 6) is 0.549. The number of aldehydes is 1. The number of nitrogens with one attached hydrogen (secondary N) is 1. The Hall–Kier alpha value is -2.10. The third-order valence-corrected chi connectivity index (χ3v) is 3.30. The summed E-state index contributed by atoms with van der Waals surface area (Å²) < 4.78 is 1.82. The first-order chi connectivity index (χ1) is 9.61.